The van der Waals surface area contributed by atoms with Crippen LogP contribution in [0, 0.1) is 5.92 Å². The van der Waals surface area contributed by atoms with Crippen molar-refractivity contribution < 1.29 is 4.74 Å². The van der Waals surface area contributed by atoms with Crippen molar-refractivity contribution in [3.8, 4) is 0 Å². The Balaban J connectivity index is 1.69. The average Bonchev–Trinajstić information content (AvgIpc) is 2.86. The molecule has 2 nitrogen and oxygen atoms in total. The zero-order chi connectivity index (χ0) is 13.2. The lowest BCUT2D eigenvalue weighted by molar-refractivity contribution is -0.0160. The van der Waals surface area contributed by atoms with Gasteiger partial charge in [-0.3, -0.25) is 0 Å². The summed E-state index contributed by atoms with van der Waals surface area (Å²) < 4.78 is 7.19. The molecule has 19 heavy (non-hydrogen) atoms. The molecule has 102 valence electrons. The van der Waals surface area contributed by atoms with Gasteiger partial charge in [-0.2, -0.15) is 0 Å². The van der Waals surface area contributed by atoms with Gasteiger partial charge in [-0.05, 0) is 53.8 Å². The van der Waals surface area contributed by atoms with E-state index in [-0.39, 0.29) is 0 Å². The topological polar surface area (TPSA) is 21.3 Å². The molecule has 2 heterocycles. The minimum absolute atomic E-state index is 0.399. The lowest BCUT2D eigenvalue weighted by Gasteiger charge is -2.33. The molecule has 1 aromatic carbocycles. The van der Waals surface area contributed by atoms with E-state index in [1.165, 1.54) is 15.8 Å². The third kappa shape index (κ3) is 2.93. The molecule has 1 N–H and O–H groups in total. The first kappa shape index (κ1) is 12.9. The summed E-state index contributed by atoms with van der Waals surface area (Å²) in [5.74, 6) is 0.601. The fraction of sp³-hybridized carbons (Fsp3) is 0.500. The molecule has 0 radical (unpaired) electrons. The predicted octanol–water partition coefficient (Wildman–Crippen LogP) is 4.52. The van der Waals surface area contributed by atoms with Gasteiger partial charge in [0.05, 0.1) is 6.10 Å². The van der Waals surface area contributed by atoms with Crippen LogP contribution in [0.25, 0.3) is 10.1 Å². The second-order valence-electron chi connectivity index (χ2n) is 5.69. The van der Waals surface area contributed by atoms with E-state index in [0.29, 0.717) is 18.1 Å². The van der Waals surface area contributed by atoms with Crippen LogP contribution in [0.3, 0.4) is 0 Å². The molecule has 0 spiro atoms. The maximum Gasteiger partial charge on any atom is 0.0617 e. The first-order valence-corrected chi connectivity index (χ1v) is 7.96. The van der Waals surface area contributed by atoms with Crippen LogP contribution in [0.2, 0.25) is 0 Å². The van der Waals surface area contributed by atoms with E-state index in [1.54, 1.807) is 11.3 Å². The van der Waals surface area contributed by atoms with Crippen molar-refractivity contribution in [1.82, 2.24) is 0 Å². The Kier molecular flexibility index (Phi) is 3.76. The predicted molar refractivity (Wildman–Crippen MR) is 83.0 cm³/mol. The molecule has 0 saturated carbocycles. The number of thiophene rings is 1. The molecule has 2 aromatic rings. The van der Waals surface area contributed by atoms with Gasteiger partial charge in [0.1, 0.15) is 0 Å². The van der Waals surface area contributed by atoms with Gasteiger partial charge >= 0.3 is 0 Å². The van der Waals surface area contributed by atoms with Gasteiger partial charge in [0.25, 0.3) is 0 Å². The van der Waals surface area contributed by atoms with Crippen LogP contribution in [0.4, 0.5) is 5.69 Å². The standard InChI is InChI=1S/C16H21NOS/c1-11(2)15-10-14(5-7-18-15)17-13-3-4-16-12(9-13)6-8-19-16/h3-4,6,8-9,11,14-15,17H,5,7,10H2,1-2H3. The zero-order valence-corrected chi connectivity index (χ0v) is 12.4. The quantitative estimate of drug-likeness (QED) is 0.889. The van der Waals surface area contributed by atoms with Gasteiger partial charge in [0, 0.05) is 23.0 Å². The molecule has 0 amide bonds. The molecular formula is C16H21NOS. The summed E-state index contributed by atoms with van der Waals surface area (Å²) in [5.41, 5.74) is 1.24. The van der Waals surface area contributed by atoms with Crippen molar-refractivity contribution in [3.63, 3.8) is 0 Å². The Morgan fingerprint density at radius 3 is 3.05 bits per heavy atom. The summed E-state index contributed by atoms with van der Waals surface area (Å²) in [7, 11) is 0. The number of anilines is 1. The molecule has 3 heteroatoms. The van der Waals surface area contributed by atoms with E-state index in [2.05, 4.69) is 48.8 Å². The Morgan fingerprint density at radius 2 is 2.21 bits per heavy atom. The van der Waals surface area contributed by atoms with Crippen LogP contribution in [0.15, 0.2) is 29.6 Å². The molecule has 1 aromatic heterocycles. The van der Waals surface area contributed by atoms with E-state index in [9.17, 15) is 0 Å². The summed E-state index contributed by atoms with van der Waals surface area (Å²) in [5, 5.41) is 7.16. The highest BCUT2D eigenvalue weighted by Crippen LogP contribution is 2.27. The first-order chi connectivity index (χ1) is 9.22. The summed E-state index contributed by atoms with van der Waals surface area (Å²) >= 11 is 1.80. The largest absolute Gasteiger partial charge is 0.382 e. The molecule has 3 rings (SSSR count). The fourth-order valence-corrected chi connectivity index (χ4v) is 3.49. The molecule has 1 saturated heterocycles. The average molecular weight is 275 g/mol. The lowest BCUT2D eigenvalue weighted by Crippen LogP contribution is -2.36. The van der Waals surface area contributed by atoms with Crippen LogP contribution in [-0.4, -0.2) is 18.8 Å². The highest BCUT2D eigenvalue weighted by atomic mass is 32.1. The molecule has 1 aliphatic rings. The minimum Gasteiger partial charge on any atom is -0.382 e. The summed E-state index contributed by atoms with van der Waals surface area (Å²) in [6.45, 7) is 5.36. The smallest absolute Gasteiger partial charge is 0.0617 e. The summed E-state index contributed by atoms with van der Waals surface area (Å²) in [4.78, 5) is 0. The second kappa shape index (κ2) is 5.51. The third-order valence-corrected chi connectivity index (χ3v) is 4.78. The van der Waals surface area contributed by atoms with Gasteiger partial charge < -0.3 is 10.1 Å². The summed E-state index contributed by atoms with van der Waals surface area (Å²) in [6.07, 6.45) is 2.61. The normalized spacial score (nSPS) is 23.9. The van der Waals surface area contributed by atoms with Crippen LogP contribution in [-0.2, 0) is 4.74 Å². The van der Waals surface area contributed by atoms with Crippen LogP contribution >= 0.6 is 11.3 Å². The summed E-state index contributed by atoms with van der Waals surface area (Å²) in [6, 6.07) is 9.38. The number of fused-ring (bicyclic) bond motifs is 1. The maximum absolute atomic E-state index is 5.83. The van der Waals surface area contributed by atoms with Crippen LogP contribution < -0.4 is 5.32 Å². The van der Waals surface area contributed by atoms with E-state index >= 15 is 0 Å². The fourth-order valence-electron chi connectivity index (χ4n) is 2.72. The monoisotopic (exact) mass is 275 g/mol. The Morgan fingerprint density at radius 1 is 1.32 bits per heavy atom. The molecular weight excluding hydrogens is 254 g/mol. The lowest BCUT2D eigenvalue weighted by atomic mass is 9.95. The number of nitrogens with one attached hydrogen (secondary N) is 1. The van der Waals surface area contributed by atoms with E-state index in [1.807, 2.05) is 0 Å². The number of hydrogen-bond donors (Lipinski definition) is 1. The van der Waals surface area contributed by atoms with Crippen molar-refractivity contribution in [2.24, 2.45) is 5.92 Å². The number of hydrogen-bond acceptors (Lipinski definition) is 3. The zero-order valence-electron chi connectivity index (χ0n) is 11.6. The van der Waals surface area contributed by atoms with Crippen molar-refractivity contribution in [2.75, 3.05) is 11.9 Å². The number of rotatable bonds is 3. The van der Waals surface area contributed by atoms with Gasteiger partial charge in [0.2, 0.25) is 0 Å². The maximum atomic E-state index is 5.83. The van der Waals surface area contributed by atoms with E-state index in [0.717, 1.165) is 19.4 Å². The van der Waals surface area contributed by atoms with Gasteiger partial charge in [-0.1, -0.05) is 13.8 Å². The molecule has 1 fully saturated rings. The van der Waals surface area contributed by atoms with E-state index in [4.69, 9.17) is 4.74 Å². The Bertz CT molecular complexity index is 548. The highest BCUT2D eigenvalue weighted by molar-refractivity contribution is 7.17. The van der Waals surface area contributed by atoms with Crippen LogP contribution in [0.5, 0.6) is 0 Å². The van der Waals surface area contributed by atoms with Crippen molar-refractivity contribution in [3.05, 3.63) is 29.6 Å². The molecule has 1 aliphatic heterocycles. The van der Waals surface area contributed by atoms with Crippen molar-refractivity contribution in [2.45, 2.75) is 38.8 Å². The molecule has 2 unspecified atom stereocenters. The Labute approximate surface area is 118 Å². The number of ether oxygens (including phenoxy) is 1. The van der Waals surface area contributed by atoms with E-state index < -0.39 is 0 Å². The van der Waals surface area contributed by atoms with Gasteiger partial charge in [-0.25, -0.2) is 0 Å². The SMILES string of the molecule is CC(C)C1CC(Nc2ccc3sccc3c2)CCO1. The van der Waals surface area contributed by atoms with Crippen molar-refractivity contribution >= 4 is 27.1 Å². The number of benzene rings is 1. The molecule has 0 aliphatic carbocycles. The van der Waals surface area contributed by atoms with Gasteiger partial charge in [-0.15, -0.1) is 11.3 Å². The van der Waals surface area contributed by atoms with Crippen molar-refractivity contribution in [1.29, 1.82) is 0 Å². The molecule has 2 atom stereocenters. The second-order valence-corrected chi connectivity index (χ2v) is 6.64. The first-order valence-electron chi connectivity index (χ1n) is 7.08. The van der Waals surface area contributed by atoms with Crippen LogP contribution in [0.1, 0.15) is 26.7 Å². The molecule has 0 bridgehead atoms. The Hall–Kier alpha value is -1.06. The minimum atomic E-state index is 0.399. The van der Waals surface area contributed by atoms with Gasteiger partial charge in [0.15, 0.2) is 0 Å². The highest BCUT2D eigenvalue weighted by Gasteiger charge is 2.24. The third-order valence-electron chi connectivity index (χ3n) is 3.88.